The summed E-state index contributed by atoms with van der Waals surface area (Å²) in [4.78, 5) is 0. The summed E-state index contributed by atoms with van der Waals surface area (Å²) in [6.07, 6.45) is 7.75. The first-order valence-electron chi connectivity index (χ1n) is 5.49. The quantitative estimate of drug-likeness (QED) is 0.334. The van der Waals surface area contributed by atoms with Crippen LogP contribution in [0.25, 0.3) is 0 Å². The average Bonchev–Trinajstić information content (AvgIpc) is 2.41. The second kappa shape index (κ2) is 9.81. The molecule has 2 aliphatic rings. The maximum absolute atomic E-state index is 2.45. The van der Waals surface area contributed by atoms with E-state index in [4.69, 9.17) is 0 Å². The molecule has 0 saturated heterocycles. The van der Waals surface area contributed by atoms with Crippen molar-refractivity contribution in [2.24, 2.45) is 5.92 Å². The van der Waals surface area contributed by atoms with Gasteiger partial charge in [0.05, 0.1) is 0 Å². The van der Waals surface area contributed by atoms with Crippen LogP contribution in [0, 0.1) is 12.3 Å². The first-order chi connectivity index (χ1) is 6.25. The van der Waals surface area contributed by atoms with Crippen LogP contribution in [-0.4, -0.2) is 0 Å². The molecule has 0 aliphatic heterocycles. The molecule has 96 valence electrons. The van der Waals surface area contributed by atoms with Crippen LogP contribution in [0.5, 0.6) is 0 Å². The van der Waals surface area contributed by atoms with Crippen molar-refractivity contribution in [1.82, 2.24) is 0 Å². The third-order valence-corrected chi connectivity index (χ3v) is 3.69. The maximum atomic E-state index is 2.45. The minimum atomic E-state index is 0. The number of halogens is 3. The Kier molecular flexibility index (Phi) is 13.3. The fourth-order valence-corrected chi connectivity index (χ4v) is 2.85. The normalized spacial score (nSPS) is 21.2. The first-order valence-corrected chi connectivity index (χ1v) is 5.49. The largest absolute Gasteiger partial charge is 4.00 e. The van der Waals surface area contributed by atoms with E-state index in [1.54, 1.807) is 22.3 Å². The fourth-order valence-electron chi connectivity index (χ4n) is 2.85. The van der Waals surface area contributed by atoms with Gasteiger partial charge in [-0.05, 0) is 0 Å². The van der Waals surface area contributed by atoms with Gasteiger partial charge in [-0.25, -0.2) is 0 Å². The first kappa shape index (κ1) is 23.1. The number of rotatable bonds is 1. The molecule has 0 saturated carbocycles. The molecule has 17 heavy (non-hydrogen) atoms. The van der Waals surface area contributed by atoms with Crippen LogP contribution in [0.1, 0.15) is 46.5 Å². The summed E-state index contributed by atoms with van der Waals surface area (Å²) in [6.45, 7) is 6.92. The molecule has 0 aromatic rings. The number of allylic oxidation sites excluding steroid dienone is 4. The molecule has 0 radical (unpaired) electrons. The summed E-state index contributed by atoms with van der Waals surface area (Å²) in [7, 11) is 0. The molecule has 0 fully saturated rings. The topological polar surface area (TPSA) is 0 Å². The molecule has 4 heteroatoms. The van der Waals surface area contributed by atoms with E-state index in [1.165, 1.54) is 25.7 Å². The zero-order valence-corrected chi connectivity index (χ0v) is 14.4. The average molecular weight is 330 g/mol. The van der Waals surface area contributed by atoms with Gasteiger partial charge in [0, 0.05) is 0 Å². The van der Waals surface area contributed by atoms with E-state index < -0.39 is 0 Å². The van der Waals surface area contributed by atoms with Crippen LogP contribution in [-0.2, 0) is 21.7 Å². The predicted octanol–water partition coefficient (Wildman–Crippen LogP) is -4.94. The summed E-state index contributed by atoms with van der Waals surface area (Å²) >= 11 is 0. The van der Waals surface area contributed by atoms with Crippen molar-refractivity contribution in [3.05, 3.63) is 28.7 Å². The summed E-state index contributed by atoms with van der Waals surface area (Å²) in [6, 6.07) is 0. The van der Waals surface area contributed by atoms with Gasteiger partial charge in [0.25, 0.3) is 0 Å². The van der Waals surface area contributed by atoms with Crippen LogP contribution in [0.15, 0.2) is 22.3 Å². The Morgan fingerprint density at radius 2 is 1.76 bits per heavy atom. The Morgan fingerprint density at radius 1 is 1.18 bits per heavy atom. The standard InChI is InChI=1S/C13H19.3ClH.Ti/c1-4-11-9(2)10(3)12-7-5-6-8-13(11)12;;;;/h7,11H,4-6,8H2,1-3H3;3*1H;/q-1;;;;+4/p-3. The minimum Gasteiger partial charge on any atom is -1.00 e. The molecule has 2 aliphatic carbocycles. The van der Waals surface area contributed by atoms with E-state index in [0.29, 0.717) is 0 Å². The van der Waals surface area contributed by atoms with Gasteiger partial charge >= 0.3 is 21.7 Å². The van der Waals surface area contributed by atoms with Gasteiger partial charge in [0.1, 0.15) is 0 Å². The van der Waals surface area contributed by atoms with Crippen molar-refractivity contribution >= 4 is 0 Å². The molecular weight excluding hydrogens is 310 g/mol. The number of hydrogen-bond acceptors (Lipinski definition) is 0. The molecule has 0 nitrogen and oxygen atoms in total. The predicted molar refractivity (Wildman–Crippen MR) is 57.3 cm³/mol. The van der Waals surface area contributed by atoms with Crippen LogP contribution >= 0.6 is 0 Å². The fraction of sp³-hybridized carbons (Fsp3) is 0.615. The van der Waals surface area contributed by atoms with Crippen molar-refractivity contribution in [1.29, 1.82) is 0 Å². The van der Waals surface area contributed by atoms with E-state index in [2.05, 4.69) is 27.2 Å². The van der Waals surface area contributed by atoms with E-state index in [9.17, 15) is 0 Å². The third kappa shape index (κ3) is 4.22. The molecule has 0 aromatic heterocycles. The summed E-state index contributed by atoms with van der Waals surface area (Å²) in [5.41, 5.74) is 6.55. The Bertz CT molecular complexity index is 295. The molecule has 0 amide bonds. The number of hydrogen-bond donors (Lipinski definition) is 0. The van der Waals surface area contributed by atoms with E-state index in [1.807, 2.05) is 0 Å². The Labute approximate surface area is 139 Å². The molecule has 0 N–H and O–H groups in total. The molecule has 0 aromatic carbocycles. The van der Waals surface area contributed by atoms with Gasteiger partial charge in [0.15, 0.2) is 0 Å². The molecule has 2 rings (SSSR count). The minimum absolute atomic E-state index is 0. The van der Waals surface area contributed by atoms with Crippen molar-refractivity contribution in [3.63, 3.8) is 0 Å². The molecular formula is C13H19Cl3Ti. The Morgan fingerprint density at radius 3 is 2.29 bits per heavy atom. The van der Waals surface area contributed by atoms with E-state index in [-0.39, 0.29) is 58.9 Å². The molecule has 1 atom stereocenters. The summed E-state index contributed by atoms with van der Waals surface area (Å²) in [5, 5.41) is 0. The SMILES string of the molecule is CCC1C(C)=C(C)C2=C1CCC[CH-]2.[Cl-].[Cl-].[Cl-].[Ti+4]. The van der Waals surface area contributed by atoms with Crippen LogP contribution in [0.4, 0.5) is 0 Å². The second-order valence-electron chi connectivity index (χ2n) is 4.30. The molecule has 0 heterocycles. The van der Waals surface area contributed by atoms with Crippen molar-refractivity contribution < 1.29 is 58.9 Å². The van der Waals surface area contributed by atoms with Crippen molar-refractivity contribution in [3.8, 4) is 0 Å². The van der Waals surface area contributed by atoms with Crippen LogP contribution < -0.4 is 37.2 Å². The third-order valence-electron chi connectivity index (χ3n) is 3.69. The van der Waals surface area contributed by atoms with Gasteiger partial charge in [-0.3, -0.25) is 0 Å². The molecule has 0 spiro atoms. The molecule has 1 unspecified atom stereocenters. The van der Waals surface area contributed by atoms with Gasteiger partial charge < -0.3 is 37.2 Å². The van der Waals surface area contributed by atoms with Crippen LogP contribution in [0.2, 0.25) is 0 Å². The smallest absolute Gasteiger partial charge is 1.00 e. The Balaban J connectivity index is -0.000000490. The zero-order valence-electron chi connectivity index (χ0n) is 10.6. The second-order valence-corrected chi connectivity index (χ2v) is 4.30. The monoisotopic (exact) mass is 328 g/mol. The van der Waals surface area contributed by atoms with Gasteiger partial charge in [-0.15, -0.1) is 5.57 Å². The molecule has 0 bridgehead atoms. The van der Waals surface area contributed by atoms with Gasteiger partial charge in [0.2, 0.25) is 0 Å². The Hall–Kier alpha value is 0.934. The van der Waals surface area contributed by atoms with Crippen LogP contribution in [0.3, 0.4) is 0 Å². The van der Waals surface area contributed by atoms with E-state index in [0.717, 1.165) is 5.92 Å². The van der Waals surface area contributed by atoms with Gasteiger partial charge in [-0.2, -0.15) is 23.1 Å². The van der Waals surface area contributed by atoms with E-state index >= 15 is 0 Å². The summed E-state index contributed by atoms with van der Waals surface area (Å²) < 4.78 is 0. The van der Waals surface area contributed by atoms with Crippen molar-refractivity contribution in [2.75, 3.05) is 0 Å². The van der Waals surface area contributed by atoms with Crippen molar-refractivity contribution in [2.45, 2.75) is 46.5 Å². The summed E-state index contributed by atoms with van der Waals surface area (Å²) in [5.74, 6) is 0.784. The maximum Gasteiger partial charge on any atom is 4.00 e. The van der Waals surface area contributed by atoms with Gasteiger partial charge in [-0.1, -0.05) is 52.4 Å². The zero-order chi connectivity index (χ0) is 9.42.